The average molecular weight is 564 g/mol. The van der Waals surface area contributed by atoms with E-state index in [2.05, 4.69) is 3.32 Å². The van der Waals surface area contributed by atoms with E-state index in [9.17, 15) is 44.1 Å². The van der Waals surface area contributed by atoms with Crippen LogP contribution in [0.1, 0.15) is 108 Å². The maximum absolute atomic E-state index is 10.8. The molecule has 0 aromatic heterocycles. The third-order valence-electron chi connectivity index (χ3n) is 3.35. The molecule has 0 heterocycles. The van der Waals surface area contributed by atoms with E-state index >= 15 is 0 Å². The summed E-state index contributed by atoms with van der Waals surface area (Å²) in [5.74, 6) is -4.68. The summed E-state index contributed by atoms with van der Waals surface area (Å²) in [5, 5.41) is 29.9. The second kappa shape index (κ2) is 21.1. The van der Waals surface area contributed by atoms with Crippen molar-refractivity contribution in [2.24, 2.45) is 16.2 Å². The molecule has 37 heavy (non-hydrogen) atoms. The molecule has 0 aliphatic carbocycles. The summed E-state index contributed by atoms with van der Waals surface area (Å²) in [7, 11) is 0. The van der Waals surface area contributed by atoms with Gasteiger partial charge in [-0.05, 0) is 16.2 Å². The summed E-state index contributed by atoms with van der Waals surface area (Å²) in [6.07, 6.45) is -0.505. The number of hydrogen-bond acceptors (Lipinski definition) is 10. The molecule has 11 heteroatoms. The minimum absolute atomic E-state index is 0.132. The number of carbonyl (C=O) groups is 6. The van der Waals surface area contributed by atoms with Gasteiger partial charge in [-0.1, -0.05) is 62.3 Å². The number of ketones is 3. The zero-order chi connectivity index (χ0) is 30.6. The van der Waals surface area contributed by atoms with Crippen LogP contribution in [0.2, 0.25) is 0 Å². The van der Waals surface area contributed by atoms with Crippen molar-refractivity contribution in [1.29, 1.82) is 0 Å². The number of carboxylic acid groups (broad SMARTS) is 3. The Morgan fingerprint density at radius 3 is 0.784 bits per heavy atom. The average Bonchev–Trinajstić information content (AvgIpc) is 2.55. The first-order valence-corrected chi connectivity index (χ1v) is 12.4. The van der Waals surface area contributed by atoms with Crippen LogP contribution < -0.4 is 15.3 Å². The number of carboxylic acids is 3. The summed E-state index contributed by atoms with van der Waals surface area (Å²) < 4.78 is 4.54. The Bertz CT molecular complexity index is 626. The predicted octanol–water partition coefficient (Wildman–Crippen LogP) is 0.880. The van der Waals surface area contributed by atoms with Crippen LogP contribution in [0.4, 0.5) is 0 Å². The second-order valence-electron chi connectivity index (χ2n) is 11.9. The van der Waals surface area contributed by atoms with Gasteiger partial charge in [0, 0.05) is 56.4 Å². The van der Waals surface area contributed by atoms with Gasteiger partial charge in [0.1, 0.15) is 17.3 Å². The van der Waals surface area contributed by atoms with Gasteiger partial charge in [0.15, 0.2) is 0 Å². The molecule has 0 saturated heterocycles. The van der Waals surface area contributed by atoms with Crippen molar-refractivity contribution < 1.29 is 68.2 Å². The van der Waals surface area contributed by atoms with E-state index in [1.165, 1.54) is 0 Å². The molecule has 0 aromatic carbocycles. The van der Waals surface area contributed by atoms with Crippen LogP contribution in [0.15, 0.2) is 0 Å². The maximum atomic E-state index is 10.8. The molecule has 0 aliphatic rings. The molecule has 212 valence electrons. The zero-order valence-corrected chi connectivity index (χ0v) is 25.6. The van der Waals surface area contributed by atoms with E-state index in [1.807, 2.05) is 69.2 Å². The summed E-state index contributed by atoms with van der Waals surface area (Å²) in [5.41, 5.74) is -0.397. The Morgan fingerprint density at radius 1 is 0.541 bits per heavy atom. The molecule has 0 fully saturated rings. The van der Waals surface area contributed by atoms with Crippen LogP contribution in [-0.2, 0) is 52.9 Å². The van der Waals surface area contributed by atoms with Crippen molar-refractivity contribution >= 4 is 35.3 Å². The first kappa shape index (κ1) is 42.2. The molecule has 0 aliphatic heterocycles. The first-order chi connectivity index (χ1) is 16.3. The summed E-state index contributed by atoms with van der Waals surface area (Å²) in [6.45, 7) is 19.8. The minimum atomic E-state index is -1.29. The normalized spacial score (nSPS) is 10.8. The van der Waals surface area contributed by atoms with Gasteiger partial charge in [-0.15, -0.1) is 0 Å². The number of carbonyl (C=O) groups excluding carboxylic acids is 6. The molecule has 0 bridgehead atoms. The predicted molar refractivity (Wildman–Crippen MR) is 128 cm³/mol. The summed E-state index contributed by atoms with van der Waals surface area (Å²) >= 11 is 1.68. The van der Waals surface area contributed by atoms with Crippen LogP contribution in [0.3, 0.4) is 0 Å². The van der Waals surface area contributed by atoms with E-state index in [1.54, 1.807) is 20.8 Å². The van der Waals surface area contributed by atoms with Crippen LogP contribution in [-0.4, -0.2) is 41.9 Å². The van der Waals surface area contributed by atoms with E-state index in [0.29, 0.717) is 19.3 Å². The number of rotatable bonds is 10. The van der Waals surface area contributed by atoms with Gasteiger partial charge >= 0.3 is 37.7 Å². The molecule has 10 nitrogen and oxygen atoms in total. The molecule has 0 rings (SSSR count). The molecule has 0 aromatic rings. The van der Waals surface area contributed by atoms with Crippen molar-refractivity contribution in [2.45, 2.75) is 108 Å². The standard InChI is InChI=1S/3C8H14O3.C2H5O.Ti/c3*1-8(2,3)5-6(9)4-7(10)11;1-2-3;/h3*4-5H2,1-3H3,(H,10,11);2H2,1H3;/q;;;-1;+4/p-3. The van der Waals surface area contributed by atoms with Gasteiger partial charge in [0.25, 0.3) is 0 Å². The molecular weight excluding hydrogens is 520 g/mol. The molecule has 0 radical (unpaired) electrons. The zero-order valence-electron chi connectivity index (χ0n) is 24.0. The topological polar surface area (TPSA) is 181 Å². The fraction of sp³-hybridized carbons (Fsp3) is 0.769. The van der Waals surface area contributed by atoms with Crippen molar-refractivity contribution in [3.05, 3.63) is 0 Å². The molecule has 0 atom stereocenters. The van der Waals surface area contributed by atoms with Crippen molar-refractivity contribution in [1.82, 2.24) is 0 Å². The van der Waals surface area contributed by atoms with E-state index in [-0.39, 0.29) is 33.6 Å². The third-order valence-corrected chi connectivity index (χ3v) is 3.80. The van der Waals surface area contributed by atoms with Gasteiger partial charge in [-0.25, -0.2) is 0 Å². The monoisotopic (exact) mass is 564 g/mol. The van der Waals surface area contributed by atoms with Crippen molar-refractivity contribution in [2.75, 3.05) is 6.61 Å². The molecule has 0 unspecified atom stereocenters. The van der Waals surface area contributed by atoms with E-state index in [0.717, 1.165) is 6.61 Å². The van der Waals surface area contributed by atoms with Crippen LogP contribution >= 0.6 is 0 Å². The Labute approximate surface area is 233 Å². The number of aliphatic carboxylic acids is 3. The third kappa shape index (κ3) is 51.6. The van der Waals surface area contributed by atoms with Gasteiger partial charge in [0.05, 0.1) is 0 Å². The number of Topliss-reactive ketones (excluding diaryl/α,β-unsaturated/α-hetero) is 3. The summed E-state index contributed by atoms with van der Waals surface area (Å²) in [4.78, 5) is 62.4. The Hall–Kier alpha value is -1.91. The molecule has 0 spiro atoms. The van der Waals surface area contributed by atoms with Gasteiger partial charge in [0.2, 0.25) is 0 Å². The Kier molecular flexibility index (Phi) is 24.0. The van der Waals surface area contributed by atoms with Gasteiger partial charge < -0.3 is 29.7 Å². The first-order valence-electron chi connectivity index (χ1n) is 11.8. The summed E-state index contributed by atoms with van der Waals surface area (Å²) in [6, 6.07) is 0. The fourth-order valence-electron chi connectivity index (χ4n) is 2.44. The quantitative estimate of drug-likeness (QED) is 0.273. The van der Waals surface area contributed by atoms with Crippen LogP contribution in [0, 0.1) is 16.2 Å². The van der Waals surface area contributed by atoms with Gasteiger partial charge in [-0.2, -0.15) is 0 Å². The number of hydrogen-bond donors (Lipinski definition) is 0. The van der Waals surface area contributed by atoms with Crippen molar-refractivity contribution in [3.63, 3.8) is 0 Å². The Morgan fingerprint density at radius 2 is 0.703 bits per heavy atom. The van der Waals surface area contributed by atoms with E-state index < -0.39 is 37.2 Å². The van der Waals surface area contributed by atoms with Gasteiger partial charge in [-0.3, -0.25) is 14.4 Å². The molecule has 0 saturated carbocycles. The Balaban J connectivity index is -0.000000205. The fourth-order valence-corrected chi connectivity index (χ4v) is 2.44. The van der Waals surface area contributed by atoms with E-state index in [4.69, 9.17) is 0 Å². The molecule has 0 N–H and O–H groups in total. The van der Waals surface area contributed by atoms with Crippen molar-refractivity contribution in [3.8, 4) is 0 Å². The van der Waals surface area contributed by atoms with Crippen LogP contribution in [0.25, 0.3) is 0 Å². The molecular formula is C26H44O10Ti. The SMILES string of the molecule is CC(C)(C)CC(=O)CC(=O)[O-].CC(C)(C)CC(=O)CC(=O)[O-].CC(C)(C)CC(=O)CC(=O)[O-].CC[O][Ti+3]. The second-order valence-corrected chi connectivity index (χ2v) is 12.4. The van der Waals surface area contributed by atoms with Crippen LogP contribution in [0.5, 0.6) is 0 Å². The molecule has 0 amide bonds.